The lowest BCUT2D eigenvalue weighted by atomic mass is 10.1. The molecular weight excluding hydrogens is 289 g/mol. The van der Waals surface area contributed by atoms with E-state index in [1.165, 1.54) is 17.4 Å². The Morgan fingerprint density at radius 2 is 2.24 bits per heavy atom. The minimum absolute atomic E-state index is 0.0436. The topological polar surface area (TPSA) is 45.2 Å². The highest BCUT2D eigenvalue weighted by molar-refractivity contribution is 7.22. The second kappa shape index (κ2) is 6.85. The fraction of sp³-hybridized carbons (Fsp3) is 0.467. The van der Waals surface area contributed by atoms with Gasteiger partial charge >= 0.3 is 0 Å². The molecular formula is C15H20FN3OS. The van der Waals surface area contributed by atoms with Crippen LogP contribution in [0.5, 0.6) is 0 Å². The highest BCUT2D eigenvalue weighted by atomic mass is 32.1. The first kappa shape index (κ1) is 15.7. The van der Waals surface area contributed by atoms with Gasteiger partial charge in [0.25, 0.3) is 0 Å². The van der Waals surface area contributed by atoms with Gasteiger partial charge in [-0.25, -0.2) is 9.37 Å². The molecule has 1 aromatic carbocycles. The van der Waals surface area contributed by atoms with Crippen LogP contribution in [0.1, 0.15) is 20.3 Å². The van der Waals surface area contributed by atoms with E-state index in [9.17, 15) is 9.18 Å². The van der Waals surface area contributed by atoms with Crippen molar-refractivity contribution in [3.63, 3.8) is 0 Å². The Labute approximate surface area is 128 Å². The van der Waals surface area contributed by atoms with Crippen LogP contribution in [0.2, 0.25) is 0 Å². The molecule has 0 aliphatic heterocycles. The minimum atomic E-state index is -0.329. The number of para-hydroxylation sites is 1. The van der Waals surface area contributed by atoms with Gasteiger partial charge in [0.05, 0.1) is 11.2 Å². The normalized spacial score (nSPS) is 11.1. The van der Waals surface area contributed by atoms with Crippen molar-refractivity contribution in [2.75, 3.05) is 25.0 Å². The third kappa shape index (κ3) is 4.14. The first-order chi connectivity index (χ1) is 9.97. The van der Waals surface area contributed by atoms with Crippen LogP contribution < -0.4 is 10.2 Å². The molecule has 0 saturated carbocycles. The summed E-state index contributed by atoms with van der Waals surface area (Å²) in [6.07, 6.45) is 0.960. The van der Waals surface area contributed by atoms with Crippen LogP contribution in [-0.2, 0) is 4.79 Å². The zero-order valence-electron chi connectivity index (χ0n) is 12.5. The average Bonchev–Trinajstić information content (AvgIpc) is 2.83. The van der Waals surface area contributed by atoms with E-state index in [0.29, 0.717) is 23.1 Å². The van der Waals surface area contributed by atoms with Gasteiger partial charge in [-0.05, 0) is 24.5 Å². The molecule has 0 saturated heterocycles. The number of carbonyl (C=O) groups is 1. The highest BCUT2D eigenvalue weighted by Crippen LogP contribution is 2.29. The first-order valence-corrected chi connectivity index (χ1v) is 7.82. The van der Waals surface area contributed by atoms with Crippen molar-refractivity contribution in [1.29, 1.82) is 0 Å². The molecule has 0 bridgehead atoms. The van der Waals surface area contributed by atoms with Gasteiger partial charge < -0.3 is 10.2 Å². The van der Waals surface area contributed by atoms with Crippen molar-refractivity contribution >= 4 is 32.6 Å². The van der Waals surface area contributed by atoms with Crippen molar-refractivity contribution in [2.45, 2.75) is 20.3 Å². The number of aromatic nitrogens is 1. The number of fused-ring (bicyclic) bond motifs is 1. The summed E-state index contributed by atoms with van der Waals surface area (Å²) in [4.78, 5) is 17.8. The van der Waals surface area contributed by atoms with E-state index in [0.717, 1.165) is 11.1 Å². The average molecular weight is 309 g/mol. The van der Waals surface area contributed by atoms with Gasteiger partial charge in [-0.15, -0.1) is 0 Å². The predicted molar refractivity (Wildman–Crippen MR) is 85.3 cm³/mol. The maximum atomic E-state index is 13.6. The number of halogens is 1. The van der Waals surface area contributed by atoms with E-state index in [1.807, 2.05) is 6.07 Å². The van der Waals surface area contributed by atoms with E-state index >= 15 is 0 Å². The molecule has 114 valence electrons. The lowest BCUT2D eigenvalue weighted by Crippen LogP contribution is -2.35. The van der Waals surface area contributed by atoms with Crippen LogP contribution in [0, 0.1) is 11.7 Å². The predicted octanol–water partition coefficient (Wildman–Crippen LogP) is 3.03. The summed E-state index contributed by atoms with van der Waals surface area (Å²) in [5.74, 6) is 0.193. The standard InChI is InChI=1S/C15H20FN3OS/c1-10(2)7-8-17-13(20)9-19(3)15-18-14-11(16)5-4-6-12(14)21-15/h4-6,10H,7-9H2,1-3H3,(H,17,20). The van der Waals surface area contributed by atoms with Crippen LogP contribution in [0.25, 0.3) is 10.2 Å². The fourth-order valence-electron chi connectivity index (χ4n) is 1.91. The number of likely N-dealkylation sites (N-methyl/N-ethyl adjacent to an activating group) is 1. The molecule has 1 N–H and O–H groups in total. The summed E-state index contributed by atoms with van der Waals surface area (Å²) in [6.45, 7) is 5.14. The van der Waals surface area contributed by atoms with Crippen LogP contribution in [0.4, 0.5) is 9.52 Å². The number of amides is 1. The van der Waals surface area contributed by atoms with Crippen molar-refractivity contribution < 1.29 is 9.18 Å². The number of rotatable bonds is 6. The highest BCUT2D eigenvalue weighted by Gasteiger charge is 2.13. The summed E-state index contributed by atoms with van der Waals surface area (Å²) in [5.41, 5.74) is 0.365. The van der Waals surface area contributed by atoms with Crippen molar-refractivity contribution in [3.05, 3.63) is 24.0 Å². The molecule has 4 nitrogen and oxygen atoms in total. The molecule has 0 aliphatic rings. The molecule has 21 heavy (non-hydrogen) atoms. The molecule has 1 amide bonds. The first-order valence-electron chi connectivity index (χ1n) is 7.00. The second-order valence-electron chi connectivity index (χ2n) is 5.47. The maximum absolute atomic E-state index is 13.6. The van der Waals surface area contributed by atoms with E-state index in [2.05, 4.69) is 24.1 Å². The van der Waals surface area contributed by atoms with Gasteiger partial charge in [-0.1, -0.05) is 31.3 Å². The van der Waals surface area contributed by atoms with Crippen LogP contribution in [0.15, 0.2) is 18.2 Å². The quantitative estimate of drug-likeness (QED) is 0.892. The molecule has 6 heteroatoms. The molecule has 0 unspecified atom stereocenters. The molecule has 0 spiro atoms. The summed E-state index contributed by atoms with van der Waals surface area (Å²) >= 11 is 1.39. The van der Waals surface area contributed by atoms with Crippen LogP contribution in [-0.4, -0.2) is 31.0 Å². The summed E-state index contributed by atoms with van der Waals surface area (Å²) in [7, 11) is 1.79. The van der Waals surface area contributed by atoms with Gasteiger partial charge in [-0.2, -0.15) is 0 Å². The van der Waals surface area contributed by atoms with Crippen LogP contribution >= 0.6 is 11.3 Å². The zero-order valence-corrected chi connectivity index (χ0v) is 13.3. The molecule has 0 fully saturated rings. The number of hydrogen-bond donors (Lipinski definition) is 1. The molecule has 1 heterocycles. The molecule has 2 aromatic rings. The lowest BCUT2D eigenvalue weighted by molar-refractivity contribution is -0.119. The van der Waals surface area contributed by atoms with E-state index < -0.39 is 0 Å². The zero-order chi connectivity index (χ0) is 15.4. The Balaban J connectivity index is 1.97. The molecule has 2 rings (SSSR count). The largest absolute Gasteiger partial charge is 0.355 e. The lowest BCUT2D eigenvalue weighted by Gasteiger charge is -2.15. The smallest absolute Gasteiger partial charge is 0.239 e. The van der Waals surface area contributed by atoms with Crippen LogP contribution in [0.3, 0.4) is 0 Å². The van der Waals surface area contributed by atoms with Gasteiger partial charge in [0.2, 0.25) is 5.91 Å². The van der Waals surface area contributed by atoms with E-state index in [4.69, 9.17) is 0 Å². The van der Waals surface area contributed by atoms with E-state index in [1.54, 1.807) is 18.0 Å². The second-order valence-corrected chi connectivity index (χ2v) is 6.48. The van der Waals surface area contributed by atoms with Crippen molar-refractivity contribution in [3.8, 4) is 0 Å². The minimum Gasteiger partial charge on any atom is -0.355 e. The summed E-state index contributed by atoms with van der Waals surface area (Å²) in [6, 6.07) is 4.89. The number of carbonyl (C=O) groups excluding carboxylic acids is 1. The van der Waals surface area contributed by atoms with Gasteiger partial charge in [0.1, 0.15) is 11.3 Å². The van der Waals surface area contributed by atoms with Gasteiger partial charge in [-0.3, -0.25) is 4.79 Å². The Hall–Kier alpha value is -1.69. The third-order valence-electron chi connectivity index (χ3n) is 3.11. The number of hydrogen-bond acceptors (Lipinski definition) is 4. The summed E-state index contributed by atoms with van der Waals surface area (Å²) < 4.78 is 14.4. The molecule has 0 atom stereocenters. The Kier molecular flexibility index (Phi) is 5.12. The molecule has 1 aromatic heterocycles. The van der Waals surface area contributed by atoms with Gasteiger partial charge in [0, 0.05) is 13.6 Å². The van der Waals surface area contributed by atoms with Crippen molar-refractivity contribution in [1.82, 2.24) is 10.3 Å². The Morgan fingerprint density at radius 3 is 2.90 bits per heavy atom. The maximum Gasteiger partial charge on any atom is 0.239 e. The number of benzene rings is 1. The van der Waals surface area contributed by atoms with Crippen molar-refractivity contribution in [2.24, 2.45) is 5.92 Å². The Bertz CT molecular complexity index is 626. The fourth-order valence-corrected chi connectivity index (χ4v) is 2.85. The monoisotopic (exact) mass is 309 g/mol. The SMILES string of the molecule is CC(C)CCNC(=O)CN(C)c1nc2c(F)cccc2s1. The number of thiazole rings is 1. The third-order valence-corrected chi connectivity index (χ3v) is 4.24. The molecule has 0 aliphatic carbocycles. The Morgan fingerprint density at radius 1 is 1.48 bits per heavy atom. The number of nitrogens with zero attached hydrogens (tertiary/aromatic N) is 2. The number of nitrogens with one attached hydrogen (secondary N) is 1. The number of anilines is 1. The molecule has 0 radical (unpaired) electrons. The van der Waals surface area contributed by atoms with E-state index in [-0.39, 0.29) is 18.3 Å². The van der Waals surface area contributed by atoms with Gasteiger partial charge in [0.15, 0.2) is 5.13 Å². The summed E-state index contributed by atoms with van der Waals surface area (Å²) in [5, 5.41) is 3.53.